The Labute approximate surface area is 179 Å². The van der Waals surface area contributed by atoms with Crippen LogP contribution in [-0.4, -0.2) is 37.2 Å². The highest BCUT2D eigenvalue weighted by Crippen LogP contribution is 2.29. The van der Waals surface area contributed by atoms with Crippen molar-refractivity contribution in [2.45, 2.75) is 51.3 Å². The molecular formula is C24H33N3O3. The van der Waals surface area contributed by atoms with Crippen LogP contribution in [0.2, 0.25) is 0 Å². The van der Waals surface area contributed by atoms with Crippen molar-refractivity contribution < 1.29 is 14.3 Å². The van der Waals surface area contributed by atoms with E-state index in [0.717, 1.165) is 30.4 Å². The topological polar surface area (TPSA) is 76.8 Å². The van der Waals surface area contributed by atoms with Crippen molar-refractivity contribution in [2.24, 2.45) is 5.73 Å². The predicted octanol–water partition coefficient (Wildman–Crippen LogP) is 4.08. The van der Waals surface area contributed by atoms with Crippen LogP contribution in [0.5, 0.6) is 11.5 Å². The number of ether oxygens (including phenoxy) is 2. The molecule has 1 fully saturated rings. The molecule has 1 aliphatic rings. The van der Waals surface area contributed by atoms with Crippen molar-refractivity contribution >= 4 is 6.03 Å². The zero-order valence-corrected chi connectivity index (χ0v) is 17.8. The average Bonchev–Trinajstić information content (AvgIpc) is 3.29. The van der Waals surface area contributed by atoms with Gasteiger partial charge in [0, 0.05) is 19.1 Å². The van der Waals surface area contributed by atoms with Gasteiger partial charge in [0.1, 0.15) is 6.61 Å². The number of hydrogen-bond acceptors (Lipinski definition) is 4. The molecular weight excluding hydrogens is 378 g/mol. The predicted molar refractivity (Wildman–Crippen MR) is 119 cm³/mol. The summed E-state index contributed by atoms with van der Waals surface area (Å²) in [5.74, 6) is 1.35. The first-order chi connectivity index (χ1) is 14.7. The standard InChI is InChI=1S/C24H33N3O3/c1-29-23-16-20(12-13-22(23)30-18-19-8-3-2-4-9-19)17-27(15-7-14-25)24(28)26-21-10-5-6-11-21/h2-4,8-9,12-13,16,21H,5-7,10-11,14-15,17-18,25H2,1H3,(H,26,28). The van der Waals surface area contributed by atoms with Crippen LogP contribution in [0, 0.1) is 0 Å². The Morgan fingerprint density at radius 1 is 1.10 bits per heavy atom. The van der Waals surface area contributed by atoms with E-state index in [1.165, 1.54) is 12.8 Å². The lowest BCUT2D eigenvalue weighted by Gasteiger charge is -2.25. The Hall–Kier alpha value is -2.73. The molecule has 0 radical (unpaired) electrons. The minimum Gasteiger partial charge on any atom is -0.493 e. The smallest absolute Gasteiger partial charge is 0.317 e. The molecule has 2 aromatic carbocycles. The monoisotopic (exact) mass is 411 g/mol. The highest BCUT2D eigenvalue weighted by atomic mass is 16.5. The number of hydrogen-bond donors (Lipinski definition) is 2. The number of methoxy groups -OCH3 is 1. The van der Waals surface area contributed by atoms with Gasteiger partial charge in [0.05, 0.1) is 7.11 Å². The fraction of sp³-hybridized carbons (Fsp3) is 0.458. The third-order valence-corrected chi connectivity index (χ3v) is 5.44. The number of amides is 2. The van der Waals surface area contributed by atoms with Gasteiger partial charge in [0.25, 0.3) is 0 Å². The van der Waals surface area contributed by atoms with E-state index in [2.05, 4.69) is 5.32 Å². The number of nitrogens with zero attached hydrogens (tertiary/aromatic N) is 1. The molecule has 3 N–H and O–H groups in total. The quantitative estimate of drug-likeness (QED) is 0.618. The summed E-state index contributed by atoms with van der Waals surface area (Å²) in [6, 6.07) is 16.1. The van der Waals surface area contributed by atoms with Crippen LogP contribution in [0.25, 0.3) is 0 Å². The number of nitrogens with two attached hydrogens (primary N) is 1. The van der Waals surface area contributed by atoms with Crippen LogP contribution in [0.3, 0.4) is 0 Å². The molecule has 0 heterocycles. The van der Waals surface area contributed by atoms with E-state index in [1.54, 1.807) is 7.11 Å². The van der Waals surface area contributed by atoms with Gasteiger partial charge in [0.2, 0.25) is 0 Å². The van der Waals surface area contributed by atoms with E-state index in [9.17, 15) is 4.79 Å². The third-order valence-electron chi connectivity index (χ3n) is 5.44. The summed E-state index contributed by atoms with van der Waals surface area (Å²) in [6.07, 6.45) is 5.29. The number of carbonyl (C=O) groups excluding carboxylic acids is 1. The zero-order valence-electron chi connectivity index (χ0n) is 17.8. The number of urea groups is 1. The Bertz CT molecular complexity index is 792. The molecule has 0 spiro atoms. The van der Waals surface area contributed by atoms with Crippen LogP contribution in [-0.2, 0) is 13.2 Å². The lowest BCUT2D eigenvalue weighted by Crippen LogP contribution is -2.44. The van der Waals surface area contributed by atoms with Gasteiger partial charge < -0.3 is 25.4 Å². The zero-order chi connectivity index (χ0) is 21.2. The van der Waals surface area contributed by atoms with E-state index < -0.39 is 0 Å². The summed E-state index contributed by atoms with van der Waals surface area (Å²) in [5.41, 5.74) is 7.78. The highest BCUT2D eigenvalue weighted by molar-refractivity contribution is 5.74. The average molecular weight is 412 g/mol. The van der Waals surface area contributed by atoms with Gasteiger partial charge >= 0.3 is 6.03 Å². The molecule has 6 nitrogen and oxygen atoms in total. The fourth-order valence-corrected chi connectivity index (χ4v) is 3.76. The summed E-state index contributed by atoms with van der Waals surface area (Å²) in [5, 5.41) is 3.18. The molecule has 0 atom stereocenters. The highest BCUT2D eigenvalue weighted by Gasteiger charge is 2.21. The summed E-state index contributed by atoms with van der Waals surface area (Å²) in [4.78, 5) is 14.6. The molecule has 0 saturated heterocycles. The van der Waals surface area contributed by atoms with Crippen molar-refractivity contribution in [1.29, 1.82) is 0 Å². The second-order valence-corrected chi connectivity index (χ2v) is 7.75. The molecule has 30 heavy (non-hydrogen) atoms. The molecule has 0 unspecified atom stereocenters. The van der Waals surface area contributed by atoms with E-state index in [-0.39, 0.29) is 6.03 Å². The second-order valence-electron chi connectivity index (χ2n) is 7.75. The maximum atomic E-state index is 12.8. The molecule has 0 aromatic heterocycles. The molecule has 1 aliphatic carbocycles. The maximum absolute atomic E-state index is 12.8. The largest absolute Gasteiger partial charge is 0.493 e. The normalized spacial score (nSPS) is 13.8. The Morgan fingerprint density at radius 3 is 2.57 bits per heavy atom. The number of carbonyl (C=O) groups is 1. The fourth-order valence-electron chi connectivity index (χ4n) is 3.76. The van der Waals surface area contributed by atoms with Crippen LogP contribution < -0.4 is 20.5 Å². The Morgan fingerprint density at radius 2 is 1.87 bits per heavy atom. The first-order valence-corrected chi connectivity index (χ1v) is 10.8. The maximum Gasteiger partial charge on any atom is 0.317 e. The second kappa shape index (κ2) is 11.5. The van der Waals surface area contributed by atoms with E-state index in [4.69, 9.17) is 15.2 Å². The van der Waals surface area contributed by atoms with Gasteiger partial charge in [-0.2, -0.15) is 0 Å². The van der Waals surface area contributed by atoms with Crippen LogP contribution in [0.4, 0.5) is 4.79 Å². The number of rotatable bonds is 10. The summed E-state index contributed by atoms with van der Waals surface area (Å²) in [7, 11) is 1.63. The van der Waals surface area contributed by atoms with Gasteiger partial charge in [-0.15, -0.1) is 0 Å². The van der Waals surface area contributed by atoms with Crippen molar-refractivity contribution in [3.8, 4) is 11.5 Å². The Kier molecular flexibility index (Phi) is 8.39. The lowest BCUT2D eigenvalue weighted by atomic mass is 10.1. The number of benzene rings is 2. The minimum atomic E-state index is -0.0151. The first-order valence-electron chi connectivity index (χ1n) is 10.8. The SMILES string of the molecule is COc1cc(CN(CCCN)C(=O)NC2CCCC2)ccc1OCc1ccccc1. The van der Waals surface area contributed by atoms with Crippen molar-refractivity contribution in [2.75, 3.05) is 20.2 Å². The first kappa shape index (κ1) is 22.0. The number of nitrogens with one attached hydrogen (secondary N) is 1. The van der Waals surface area contributed by atoms with Gasteiger partial charge in [0.15, 0.2) is 11.5 Å². The van der Waals surface area contributed by atoms with Gasteiger partial charge in [-0.1, -0.05) is 49.2 Å². The van der Waals surface area contributed by atoms with Crippen LogP contribution in [0.15, 0.2) is 48.5 Å². The minimum absolute atomic E-state index is 0.0151. The summed E-state index contributed by atoms with van der Waals surface area (Å²) in [6.45, 7) is 2.17. The van der Waals surface area contributed by atoms with E-state index >= 15 is 0 Å². The van der Waals surface area contributed by atoms with Crippen LogP contribution in [0.1, 0.15) is 43.2 Å². The third kappa shape index (κ3) is 6.39. The van der Waals surface area contributed by atoms with E-state index in [0.29, 0.717) is 43.8 Å². The molecule has 162 valence electrons. The summed E-state index contributed by atoms with van der Waals surface area (Å²) < 4.78 is 11.5. The molecule has 2 amide bonds. The van der Waals surface area contributed by atoms with Crippen molar-refractivity contribution in [3.05, 3.63) is 59.7 Å². The molecule has 2 aromatic rings. The molecule has 0 aliphatic heterocycles. The molecule has 1 saturated carbocycles. The lowest BCUT2D eigenvalue weighted by molar-refractivity contribution is 0.190. The van der Waals surface area contributed by atoms with Gasteiger partial charge in [-0.05, 0) is 49.1 Å². The Balaban J connectivity index is 1.65. The van der Waals surface area contributed by atoms with Crippen molar-refractivity contribution in [1.82, 2.24) is 10.2 Å². The molecule has 6 heteroatoms. The van der Waals surface area contributed by atoms with Crippen LogP contribution >= 0.6 is 0 Å². The van der Waals surface area contributed by atoms with E-state index in [1.807, 2.05) is 53.4 Å². The van der Waals surface area contributed by atoms with Gasteiger partial charge in [-0.25, -0.2) is 4.79 Å². The summed E-state index contributed by atoms with van der Waals surface area (Å²) >= 11 is 0. The molecule has 0 bridgehead atoms. The molecule has 3 rings (SSSR count). The van der Waals surface area contributed by atoms with Crippen molar-refractivity contribution in [3.63, 3.8) is 0 Å². The van der Waals surface area contributed by atoms with Gasteiger partial charge in [-0.3, -0.25) is 0 Å².